The van der Waals surface area contributed by atoms with E-state index in [1.54, 1.807) is 24.3 Å². The van der Waals surface area contributed by atoms with Gasteiger partial charge in [-0.25, -0.2) is 9.18 Å². The molecule has 0 fully saturated rings. The number of hydrogen-bond donors (Lipinski definition) is 1. The van der Waals surface area contributed by atoms with Crippen LogP contribution in [0.2, 0.25) is 0 Å². The lowest BCUT2D eigenvalue weighted by molar-refractivity contribution is -0.124. The predicted molar refractivity (Wildman–Crippen MR) is 79.8 cm³/mol. The smallest absolute Gasteiger partial charge is 0.374 e. The van der Waals surface area contributed by atoms with Crippen molar-refractivity contribution in [3.63, 3.8) is 0 Å². The van der Waals surface area contributed by atoms with Crippen molar-refractivity contribution in [2.45, 2.75) is 6.42 Å². The Labute approximate surface area is 134 Å². The van der Waals surface area contributed by atoms with Crippen LogP contribution in [0.5, 0.6) is 0 Å². The van der Waals surface area contributed by atoms with Gasteiger partial charge >= 0.3 is 5.97 Å². The van der Waals surface area contributed by atoms with Crippen molar-refractivity contribution in [1.82, 2.24) is 5.32 Å². The molecule has 1 N–H and O–H groups in total. The average Bonchev–Trinajstić information content (AvgIpc) is 2.93. The van der Waals surface area contributed by atoms with E-state index in [4.69, 9.17) is 9.15 Å². The molecule has 2 aromatic rings. The summed E-state index contributed by atoms with van der Waals surface area (Å²) in [5.41, 5.74) is 0.514. The molecule has 1 heterocycles. The molecule has 0 atom stereocenters. The van der Waals surface area contributed by atoms with Gasteiger partial charge in [0, 0.05) is 6.54 Å². The molecule has 5 nitrogen and oxygen atoms in total. The fourth-order valence-electron chi connectivity index (χ4n) is 1.71. The number of hydrogen-bond acceptors (Lipinski definition) is 4. The Morgan fingerprint density at radius 3 is 2.68 bits per heavy atom. The summed E-state index contributed by atoms with van der Waals surface area (Å²) < 4.78 is 23.5. The van der Waals surface area contributed by atoms with E-state index in [0.717, 1.165) is 0 Å². The molecule has 0 bridgehead atoms. The normalized spacial score (nSPS) is 10.3. The molecular weight excluding hydrogens is 357 g/mol. The second kappa shape index (κ2) is 7.74. The lowest BCUT2D eigenvalue weighted by Gasteiger charge is -2.06. The van der Waals surface area contributed by atoms with E-state index < -0.39 is 18.5 Å². The third-order valence-electron chi connectivity index (χ3n) is 2.78. The minimum Gasteiger partial charge on any atom is -0.450 e. The zero-order valence-corrected chi connectivity index (χ0v) is 13.1. The van der Waals surface area contributed by atoms with Crippen molar-refractivity contribution in [2.24, 2.45) is 0 Å². The van der Waals surface area contributed by atoms with Gasteiger partial charge in [0.25, 0.3) is 5.91 Å². The molecule has 1 amide bonds. The monoisotopic (exact) mass is 369 g/mol. The predicted octanol–water partition coefficient (Wildman–Crippen LogP) is 2.70. The first kappa shape index (κ1) is 16.2. The second-order valence-electron chi connectivity index (χ2n) is 4.37. The van der Waals surface area contributed by atoms with Crippen LogP contribution >= 0.6 is 15.9 Å². The molecule has 0 saturated carbocycles. The van der Waals surface area contributed by atoms with Gasteiger partial charge in [-0.1, -0.05) is 18.2 Å². The van der Waals surface area contributed by atoms with Gasteiger partial charge in [-0.2, -0.15) is 0 Å². The molecule has 0 aliphatic rings. The lowest BCUT2D eigenvalue weighted by Crippen LogP contribution is -2.30. The van der Waals surface area contributed by atoms with Crippen LogP contribution in [0, 0.1) is 5.82 Å². The standard InChI is InChI=1S/C15H13BrFNO4/c16-13-6-5-12(22-13)15(20)21-9-14(19)18-8-7-10-3-1-2-4-11(10)17/h1-6H,7-9H2,(H,18,19). The summed E-state index contributed by atoms with van der Waals surface area (Å²) in [6, 6.07) is 9.32. The number of carbonyl (C=O) groups excluding carboxylic acids is 2. The summed E-state index contributed by atoms with van der Waals surface area (Å²) in [4.78, 5) is 23.1. The third-order valence-corrected chi connectivity index (χ3v) is 3.21. The second-order valence-corrected chi connectivity index (χ2v) is 5.15. The molecule has 0 aliphatic carbocycles. The summed E-state index contributed by atoms with van der Waals surface area (Å²) in [6.07, 6.45) is 0.359. The van der Waals surface area contributed by atoms with Crippen LogP contribution in [0.1, 0.15) is 16.1 Å². The van der Waals surface area contributed by atoms with E-state index in [9.17, 15) is 14.0 Å². The van der Waals surface area contributed by atoms with Crippen LogP contribution in [0.25, 0.3) is 0 Å². The van der Waals surface area contributed by atoms with Crippen LogP contribution in [-0.2, 0) is 16.0 Å². The van der Waals surface area contributed by atoms with Gasteiger partial charge in [-0.05, 0) is 46.1 Å². The molecule has 1 aromatic carbocycles. The van der Waals surface area contributed by atoms with Crippen LogP contribution in [0.15, 0.2) is 45.5 Å². The topological polar surface area (TPSA) is 68.5 Å². The van der Waals surface area contributed by atoms with Gasteiger partial charge in [0.1, 0.15) is 5.82 Å². The quantitative estimate of drug-likeness (QED) is 0.794. The third kappa shape index (κ3) is 4.70. The maximum Gasteiger partial charge on any atom is 0.374 e. The molecule has 0 aliphatic heterocycles. The maximum absolute atomic E-state index is 13.4. The fourth-order valence-corrected chi connectivity index (χ4v) is 2.02. The van der Waals surface area contributed by atoms with Crippen molar-refractivity contribution in [1.29, 1.82) is 0 Å². The zero-order chi connectivity index (χ0) is 15.9. The Hall–Kier alpha value is -2.15. The SMILES string of the molecule is O=C(COC(=O)c1ccc(Br)o1)NCCc1ccccc1F. The Morgan fingerprint density at radius 2 is 2.00 bits per heavy atom. The highest BCUT2D eigenvalue weighted by Crippen LogP contribution is 2.14. The summed E-state index contributed by atoms with van der Waals surface area (Å²) in [6.45, 7) is -0.169. The molecule has 0 radical (unpaired) electrons. The summed E-state index contributed by atoms with van der Waals surface area (Å²) in [7, 11) is 0. The number of amides is 1. The first-order valence-corrected chi connectivity index (χ1v) is 7.28. The van der Waals surface area contributed by atoms with Gasteiger partial charge in [0.05, 0.1) is 0 Å². The molecule has 0 spiro atoms. The van der Waals surface area contributed by atoms with Gasteiger partial charge in [0.2, 0.25) is 5.76 Å². The first-order valence-electron chi connectivity index (χ1n) is 6.49. The first-order chi connectivity index (χ1) is 10.6. The molecule has 7 heteroatoms. The average molecular weight is 370 g/mol. The molecule has 1 aromatic heterocycles. The molecule has 0 unspecified atom stereocenters. The van der Waals surface area contributed by atoms with Crippen LogP contribution in [0.3, 0.4) is 0 Å². The number of esters is 1. The number of furan rings is 1. The number of ether oxygens (including phenoxy) is 1. The van der Waals surface area contributed by atoms with Crippen molar-refractivity contribution in [3.05, 3.63) is 58.2 Å². The largest absolute Gasteiger partial charge is 0.450 e. The number of benzene rings is 1. The number of carbonyl (C=O) groups is 2. The summed E-state index contributed by atoms with van der Waals surface area (Å²) in [5.74, 6) is -1.50. The van der Waals surface area contributed by atoms with E-state index in [1.165, 1.54) is 12.1 Å². The van der Waals surface area contributed by atoms with E-state index in [2.05, 4.69) is 21.2 Å². The highest BCUT2D eigenvalue weighted by atomic mass is 79.9. The molecule has 22 heavy (non-hydrogen) atoms. The van der Waals surface area contributed by atoms with Crippen LogP contribution in [0.4, 0.5) is 4.39 Å². The molecular formula is C15H13BrFNO4. The molecule has 116 valence electrons. The summed E-state index contributed by atoms with van der Waals surface area (Å²) in [5, 5.41) is 2.55. The molecule has 0 saturated heterocycles. The van der Waals surface area contributed by atoms with Crippen molar-refractivity contribution in [2.75, 3.05) is 13.2 Å². The lowest BCUT2D eigenvalue weighted by atomic mass is 10.1. The molecule has 2 rings (SSSR count). The van der Waals surface area contributed by atoms with Crippen molar-refractivity contribution < 1.29 is 23.1 Å². The number of nitrogens with one attached hydrogen (secondary N) is 1. The summed E-state index contributed by atoms with van der Waals surface area (Å²) >= 11 is 3.06. The highest BCUT2D eigenvalue weighted by molar-refractivity contribution is 9.10. The van der Waals surface area contributed by atoms with Gasteiger partial charge in [-0.3, -0.25) is 4.79 Å². The van der Waals surface area contributed by atoms with Crippen molar-refractivity contribution in [3.8, 4) is 0 Å². The Balaban J connectivity index is 1.70. The van der Waals surface area contributed by atoms with Crippen LogP contribution < -0.4 is 5.32 Å². The van der Waals surface area contributed by atoms with Gasteiger partial charge < -0.3 is 14.5 Å². The zero-order valence-electron chi connectivity index (χ0n) is 11.5. The number of rotatable bonds is 6. The minimum atomic E-state index is -0.727. The minimum absolute atomic E-state index is 0.00558. The van der Waals surface area contributed by atoms with Gasteiger partial charge in [0.15, 0.2) is 11.3 Å². The fraction of sp³-hybridized carbons (Fsp3) is 0.200. The van der Waals surface area contributed by atoms with Gasteiger partial charge in [-0.15, -0.1) is 0 Å². The Bertz CT molecular complexity index is 671. The Morgan fingerprint density at radius 1 is 1.23 bits per heavy atom. The maximum atomic E-state index is 13.4. The number of halogens is 2. The van der Waals surface area contributed by atoms with Crippen LogP contribution in [-0.4, -0.2) is 25.0 Å². The van der Waals surface area contributed by atoms with E-state index in [1.807, 2.05) is 0 Å². The van der Waals surface area contributed by atoms with E-state index >= 15 is 0 Å². The van der Waals surface area contributed by atoms with E-state index in [0.29, 0.717) is 16.7 Å². The van der Waals surface area contributed by atoms with Crippen molar-refractivity contribution >= 4 is 27.8 Å². The highest BCUT2D eigenvalue weighted by Gasteiger charge is 2.13. The van der Waals surface area contributed by atoms with E-state index in [-0.39, 0.29) is 18.1 Å². The Kier molecular flexibility index (Phi) is 5.71.